The number of benzene rings is 2. The molecule has 3 rings (SSSR count). The predicted octanol–water partition coefficient (Wildman–Crippen LogP) is 7.17. The summed E-state index contributed by atoms with van der Waals surface area (Å²) in [5.41, 5.74) is 1.81. The molecule has 0 aliphatic rings. The molecule has 1 heterocycles. The normalized spacial score (nSPS) is 11.7. The van der Waals surface area contributed by atoms with Gasteiger partial charge in [-0.3, -0.25) is 0 Å². The summed E-state index contributed by atoms with van der Waals surface area (Å²) in [4.78, 5) is 4.58. The average Bonchev–Trinajstić information content (AvgIpc) is 3.30. The first kappa shape index (κ1) is 23.8. The summed E-state index contributed by atoms with van der Waals surface area (Å²) in [5.74, 6) is 1.32. The van der Waals surface area contributed by atoms with Crippen LogP contribution in [0.4, 0.5) is 0 Å². The number of aromatic hydroxyl groups is 1. The molecule has 0 radical (unpaired) electrons. The summed E-state index contributed by atoms with van der Waals surface area (Å²) in [5, 5.41) is 13.7. The molecule has 1 N–H and O–H groups in total. The van der Waals surface area contributed by atoms with Gasteiger partial charge in [-0.15, -0.1) is 0 Å². The molecule has 4 nitrogen and oxygen atoms in total. The van der Waals surface area contributed by atoms with Crippen molar-refractivity contribution in [2.45, 2.75) is 72.6 Å². The number of hydrogen-bond donors (Lipinski definition) is 1. The van der Waals surface area contributed by atoms with Crippen molar-refractivity contribution in [3.05, 3.63) is 48.5 Å². The van der Waals surface area contributed by atoms with Crippen molar-refractivity contribution in [1.82, 2.24) is 10.1 Å². The molecular formula is C26H36N2O2Sn. The third kappa shape index (κ3) is 6.12. The first-order valence-electron chi connectivity index (χ1n) is 11.9. The van der Waals surface area contributed by atoms with E-state index in [0.29, 0.717) is 11.7 Å². The molecule has 2 aromatic carbocycles. The molecule has 31 heavy (non-hydrogen) atoms. The van der Waals surface area contributed by atoms with Gasteiger partial charge in [-0.25, -0.2) is 0 Å². The molecule has 5 heteroatoms. The Hall–Kier alpha value is -1.82. The molecular weight excluding hydrogens is 491 g/mol. The third-order valence-electron chi connectivity index (χ3n) is 6.32. The second kappa shape index (κ2) is 11.7. The minimum atomic E-state index is -2.41. The maximum absolute atomic E-state index is 9.48. The van der Waals surface area contributed by atoms with E-state index in [1.807, 2.05) is 0 Å². The third-order valence-corrected chi connectivity index (χ3v) is 22.0. The number of nitrogens with zero attached hydrogens (tertiary/aromatic N) is 2. The predicted molar refractivity (Wildman–Crippen MR) is 131 cm³/mol. The summed E-state index contributed by atoms with van der Waals surface area (Å²) in [7, 11) is 0. The van der Waals surface area contributed by atoms with E-state index in [4.69, 9.17) is 4.52 Å². The van der Waals surface area contributed by atoms with E-state index in [-0.39, 0.29) is 5.75 Å². The van der Waals surface area contributed by atoms with E-state index >= 15 is 0 Å². The van der Waals surface area contributed by atoms with Crippen LogP contribution < -0.4 is 3.58 Å². The number of unbranched alkanes of at least 4 members (excludes halogenated alkanes) is 3. The first-order chi connectivity index (χ1) is 15.1. The van der Waals surface area contributed by atoms with E-state index in [2.05, 4.69) is 55.2 Å². The summed E-state index contributed by atoms with van der Waals surface area (Å²) in [6.45, 7) is 6.96. The maximum atomic E-state index is 9.48. The van der Waals surface area contributed by atoms with Crippen molar-refractivity contribution in [2.75, 3.05) is 0 Å². The van der Waals surface area contributed by atoms with Gasteiger partial charge < -0.3 is 0 Å². The Morgan fingerprint density at radius 1 is 0.742 bits per heavy atom. The number of hydrogen-bond acceptors (Lipinski definition) is 4. The fourth-order valence-corrected chi connectivity index (χ4v) is 20.3. The number of rotatable bonds is 12. The summed E-state index contributed by atoms with van der Waals surface area (Å²) in [6.07, 6.45) is 7.97. The van der Waals surface area contributed by atoms with Gasteiger partial charge in [0.1, 0.15) is 0 Å². The molecule has 0 unspecified atom stereocenters. The van der Waals surface area contributed by atoms with Crippen LogP contribution in [0.1, 0.15) is 59.3 Å². The molecule has 3 aromatic rings. The molecule has 166 valence electrons. The van der Waals surface area contributed by atoms with Gasteiger partial charge in [-0.05, 0) is 0 Å². The van der Waals surface area contributed by atoms with Gasteiger partial charge in [0.2, 0.25) is 0 Å². The molecule has 0 spiro atoms. The van der Waals surface area contributed by atoms with Gasteiger partial charge in [0, 0.05) is 0 Å². The van der Waals surface area contributed by atoms with Crippen LogP contribution in [0.2, 0.25) is 13.3 Å². The van der Waals surface area contributed by atoms with Crippen molar-refractivity contribution in [3.8, 4) is 28.6 Å². The Labute approximate surface area is 191 Å². The minimum absolute atomic E-state index is 0.225. The zero-order chi connectivity index (χ0) is 22.1. The summed E-state index contributed by atoms with van der Waals surface area (Å²) < 4.78 is 11.5. The molecule has 0 atom stereocenters. The molecule has 0 saturated carbocycles. The molecule has 0 amide bonds. The van der Waals surface area contributed by atoms with Gasteiger partial charge in [0.15, 0.2) is 0 Å². The zero-order valence-electron chi connectivity index (χ0n) is 19.2. The summed E-state index contributed by atoms with van der Waals surface area (Å²) >= 11 is -2.41. The van der Waals surface area contributed by atoms with Gasteiger partial charge in [0.05, 0.1) is 0 Å². The Balaban J connectivity index is 1.85. The Kier molecular flexibility index (Phi) is 9.00. The fourth-order valence-electron chi connectivity index (χ4n) is 4.39. The Morgan fingerprint density at radius 2 is 1.26 bits per heavy atom. The van der Waals surface area contributed by atoms with E-state index in [0.717, 1.165) is 11.1 Å². The molecule has 0 aliphatic heterocycles. The van der Waals surface area contributed by atoms with Crippen LogP contribution in [0.15, 0.2) is 53.1 Å². The van der Waals surface area contributed by atoms with Crippen molar-refractivity contribution in [2.24, 2.45) is 0 Å². The second-order valence-electron chi connectivity index (χ2n) is 8.64. The van der Waals surface area contributed by atoms with E-state index in [9.17, 15) is 5.11 Å². The van der Waals surface area contributed by atoms with Crippen molar-refractivity contribution in [3.63, 3.8) is 0 Å². The fraction of sp³-hybridized carbons (Fsp3) is 0.462. The number of phenolic OH excluding ortho intramolecular Hbond substituents is 1. The van der Waals surface area contributed by atoms with E-state index < -0.39 is 18.4 Å². The quantitative estimate of drug-likeness (QED) is 0.254. The average molecular weight is 527 g/mol. The van der Waals surface area contributed by atoms with Crippen molar-refractivity contribution in [1.29, 1.82) is 0 Å². The van der Waals surface area contributed by atoms with E-state index in [1.165, 1.54) is 51.8 Å². The van der Waals surface area contributed by atoms with Crippen LogP contribution >= 0.6 is 0 Å². The second-order valence-corrected chi connectivity index (χ2v) is 21.9. The Bertz CT molecular complexity index is 898. The SMILES string of the molecule is CCC[CH2][Sn]([CH2]CCC)([CH2]CCC)[c]1ccc(-c2noc(-c3ccc(O)cc3)n2)cc1. The first-order valence-corrected chi connectivity index (χ1v) is 19.3. The van der Waals surface area contributed by atoms with Gasteiger partial charge >= 0.3 is 191 Å². The van der Waals surface area contributed by atoms with Crippen molar-refractivity contribution < 1.29 is 9.63 Å². The zero-order valence-corrected chi connectivity index (χ0v) is 22.1. The van der Waals surface area contributed by atoms with Crippen molar-refractivity contribution >= 4 is 22.0 Å². The van der Waals surface area contributed by atoms with Crippen LogP contribution in [-0.4, -0.2) is 33.6 Å². The molecule has 0 saturated heterocycles. The van der Waals surface area contributed by atoms with Crippen LogP contribution in [0, 0.1) is 0 Å². The monoisotopic (exact) mass is 528 g/mol. The molecule has 1 aromatic heterocycles. The number of aromatic nitrogens is 2. The van der Waals surface area contributed by atoms with Gasteiger partial charge in [-0.2, -0.15) is 0 Å². The van der Waals surface area contributed by atoms with Crippen LogP contribution in [0.25, 0.3) is 22.8 Å². The van der Waals surface area contributed by atoms with Crippen LogP contribution in [0.3, 0.4) is 0 Å². The standard InChI is InChI=1S/C14H9N2O2.3C4H9.Sn/c17-12-8-6-11(7-9-12)14-15-13(16-18-14)10-4-2-1-3-5-10;3*1-3-4-2;/h2-9,17H;3*1,3-4H2,2H3;. The topological polar surface area (TPSA) is 59.2 Å². The van der Waals surface area contributed by atoms with E-state index in [1.54, 1.807) is 27.8 Å². The summed E-state index contributed by atoms with van der Waals surface area (Å²) in [6, 6.07) is 16.0. The molecule has 0 aliphatic carbocycles. The van der Waals surface area contributed by atoms with Crippen LogP contribution in [0.5, 0.6) is 5.75 Å². The van der Waals surface area contributed by atoms with Gasteiger partial charge in [0.25, 0.3) is 0 Å². The molecule has 0 fully saturated rings. The molecule has 0 bridgehead atoms. The Morgan fingerprint density at radius 3 is 1.77 bits per heavy atom. The van der Waals surface area contributed by atoms with Gasteiger partial charge in [-0.1, -0.05) is 0 Å². The number of phenols is 1. The van der Waals surface area contributed by atoms with Crippen LogP contribution in [-0.2, 0) is 0 Å².